The third-order valence-electron chi connectivity index (χ3n) is 2.90. The number of aromatic nitrogens is 2. The van der Waals surface area contributed by atoms with Crippen LogP contribution in [0, 0.1) is 13.8 Å². The molecule has 3 nitrogen and oxygen atoms in total. The van der Waals surface area contributed by atoms with Gasteiger partial charge in [-0.3, -0.25) is 0 Å². The van der Waals surface area contributed by atoms with Crippen LogP contribution in [0.3, 0.4) is 0 Å². The normalized spacial score (nSPS) is 10.8. The van der Waals surface area contributed by atoms with Gasteiger partial charge in [0.15, 0.2) is 0 Å². The van der Waals surface area contributed by atoms with Gasteiger partial charge in [-0.1, -0.05) is 17.7 Å². The van der Waals surface area contributed by atoms with Gasteiger partial charge in [0.05, 0.1) is 11.9 Å². The first-order valence-electron chi connectivity index (χ1n) is 6.02. The van der Waals surface area contributed by atoms with Crippen molar-refractivity contribution in [1.29, 1.82) is 0 Å². The summed E-state index contributed by atoms with van der Waals surface area (Å²) in [6.07, 6.45) is 6.03. The van der Waals surface area contributed by atoms with Crippen LogP contribution >= 0.6 is 0 Å². The summed E-state index contributed by atoms with van der Waals surface area (Å²) in [4.78, 5) is 0. The predicted octanol–water partition coefficient (Wildman–Crippen LogP) is 2.38. The number of rotatable bonds is 4. The van der Waals surface area contributed by atoms with Gasteiger partial charge in [0, 0.05) is 6.20 Å². The van der Waals surface area contributed by atoms with Crippen molar-refractivity contribution in [3.63, 3.8) is 0 Å². The smallest absolute Gasteiger partial charge is 0.0674 e. The maximum Gasteiger partial charge on any atom is 0.0674 e. The highest BCUT2D eigenvalue weighted by atomic mass is 15.3. The molecule has 0 aliphatic rings. The number of aryl methyl sites for hydroxylation is 3. The summed E-state index contributed by atoms with van der Waals surface area (Å²) in [7, 11) is 0. The predicted molar refractivity (Wildman–Crippen MR) is 70.4 cm³/mol. The van der Waals surface area contributed by atoms with Crippen LogP contribution in [0.4, 0.5) is 0 Å². The summed E-state index contributed by atoms with van der Waals surface area (Å²) in [6.45, 7) is 4.95. The minimum absolute atomic E-state index is 0.731. The minimum atomic E-state index is 0.731. The summed E-state index contributed by atoms with van der Waals surface area (Å²) < 4.78 is 1.95. The van der Waals surface area contributed by atoms with E-state index in [9.17, 15) is 0 Å². The molecule has 0 bridgehead atoms. The maximum absolute atomic E-state index is 5.51. The SMILES string of the molecule is Cc1ccc(-n2cc(CCCN)cn2)c(C)c1. The minimum Gasteiger partial charge on any atom is -0.330 e. The molecule has 2 N–H and O–H groups in total. The van der Waals surface area contributed by atoms with Crippen LogP contribution in [-0.4, -0.2) is 16.3 Å². The Kier molecular flexibility index (Phi) is 3.59. The Morgan fingerprint density at radius 2 is 2.12 bits per heavy atom. The van der Waals surface area contributed by atoms with E-state index in [-0.39, 0.29) is 0 Å². The lowest BCUT2D eigenvalue weighted by Crippen LogP contribution is -2.00. The van der Waals surface area contributed by atoms with E-state index in [2.05, 4.69) is 43.3 Å². The van der Waals surface area contributed by atoms with E-state index in [1.807, 2.05) is 10.9 Å². The van der Waals surface area contributed by atoms with Crippen LogP contribution in [-0.2, 0) is 6.42 Å². The molecule has 17 heavy (non-hydrogen) atoms. The van der Waals surface area contributed by atoms with Gasteiger partial charge >= 0.3 is 0 Å². The van der Waals surface area contributed by atoms with E-state index in [0.717, 1.165) is 25.1 Å². The van der Waals surface area contributed by atoms with Crippen LogP contribution < -0.4 is 5.73 Å². The molecule has 3 heteroatoms. The Morgan fingerprint density at radius 3 is 2.82 bits per heavy atom. The van der Waals surface area contributed by atoms with Crippen LogP contribution in [0.1, 0.15) is 23.1 Å². The maximum atomic E-state index is 5.51. The highest BCUT2D eigenvalue weighted by Gasteiger charge is 2.03. The molecular formula is C14H19N3. The van der Waals surface area contributed by atoms with Gasteiger partial charge in [-0.2, -0.15) is 5.10 Å². The van der Waals surface area contributed by atoms with E-state index in [0.29, 0.717) is 0 Å². The molecule has 0 spiro atoms. The second-order valence-electron chi connectivity index (χ2n) is 4.48. The highest BCUT2D eigenvalue weighted by molar-refractivity contribution is 5.42. The van der Waals surface area contributed by atoms with E-state index < -0.39 is 0 Å². The average Bonchev–Trinajstić information content (AvgIpc) is 2.75. The molecule has 0 saturated carbocycles. The van der Waals surface area contributed by atoms with Crippen molar-refractivity contribution >= 4 is 0 Å². The third-order valence-corrected chi connectivity index (χ3v) is 2.90. The molecular weight excluding hydrogens is 210 g/mol. The zero-order valence-corrected chi connectivity index (χ0v) is 10.5. The number of benzene rings is 1. The fraction of sp³-hybridized carbons (Fsp3) is 0.357. The molecule has 2 aromatic rings. The molecule has 0 amide bonds. The first kappa shape index (κ1) is 11.9. The zero-order valence-electron chi connectivity index (χ0n) is 10.5. The number of hydrogen-bond donors (Lipinski definition) is 1. The monoisotopic (exact) mass is 229 g/mol. The van der Waals surface area contributed by atoms with Crippen molar-refractivity contribution < 1.29 is 0 Å². The second kappa shape index (κ2) is 5.15. The van der Waals surface area contributed by atoms with Crippen LogP contribution in [0.2, 0.25) is 0 Å². The van der Waals surface area contributed by atoms with E-state index in [1.165, 1.54) is 16.7 Å². The molecule has 1 aromatic carbocycles. The van der Waals surface area contributed by atoms with Gasteiger partial charge in [0.25, 0.3) is 0 Å². The highest BCUT2D eigenvalue weighted by Crippen LogP contribution is 2.15. The molecule has 0 saturated heterocycles. The van der Waals surface area contributed by atoms with Gasteiger partial charge in [-0.25, -0.2) is 4.68 Å². The summed E-state index contributed by atoms with van der Waals surface area (Å²) in [5, 5.41) is 4.41. The van der Waals surface area contributed by atoms with E-state index in [1.54, 1.807) is 0 Å². The Morgan fingerprint density at radius 1 is 1.29 bits per heavy atom. The topological polar surface area (TPSA) is 43.8 Å². The molecule has 2 rings (SSSR count). The Bertz CT molecular complexity index is 500. The van der Waals surface area contributed by atoms with Crippen molar-refractivity contribution in [2.75, 3.05) is 6.54 Å². The van der Waals surface area contributed by atoms with Crippen molar-refractivity contribution in [1.82, 2.24) is 9.78 Å². The molecule has 0 atom stereocenters. The number of hydrogen-bond acceptors (Lipinski definition) is 2. The van der Waals surface area contributed by atoms with Crippen LogP contribution in [0.15, 0.2) is 30.6 Å². The Hall–Kier alpha value is -1.61. The Labute approximate surface area is 102 Å². The standard InChI is InChI=1S/C14H19N3/c1-11-5-6-14(12(2)8-11)17-10-13(9-16-17)4-3-7-15/h5-6,8-10H,3-4,7,15H2,1-2H3. The van der Waals surface area contributed by atoms with Crippen molar-refractivity contribution in [2.24, 2.45) is 5.73 Å². The van der Waals surface area contributed by atoms with E-state index >= 15 is 0 Å². The van der Waals surface area contributed by atoms with Gasteiger partial charge in [0.1, 0.15) is 0 Å². The van der Waals surface area contributed by atoms with Gasteiger partial charge in [-0.05, 0) is 50.4 Å². The zero-order chi connectivity index (χ0) is 12.3. The Balaban J connectivity index is 2.24. The molecule has 1 aromatic heterocycles. The summed E-state index contributed by atoms with van der Waals surface area (Å²) in [6, 6.07) is 6.41. The van der Waals surface area contributed by atoms with Crippen molar-refractivity contribution in [2.45, 2.75) is 26.7 Å². The quantitative estimate of drug-likeness (QED) is 0.874. The fourth-order valence-electron chi connectivity index (χ4n) is 1.99. The lowest BCUT2D eigenvalue weighted by molar-refractivity contribution is 0.830. The van der Waals surface area contributed by atoms with Crippen LogP contribution in [0.5, 0.6) is 0 Å². The average molecular weight is 229 g/mol. The van der Waals surface area contributed by atoms with Gasteiger partial charge in [0.2, 0.25) is 0 Å². The molecule has 0 aliphatic heterocycles. The molecule has 90 valence electrons. The van der Waals surface area contributed by atoms with Gasteiger partial charge in [-0.15, -0.1) is 0 Å². The summed E-state index contributed by atoms with van der Waals surface area (Å²) in [5.41, 5.74) is 10.4. The molecule has 1 heterocycles. The second-order valence-corrected chi connectivity index (χ2v) is 4.48. The molecule has 0 radical (unpaired) electrons. The number of nitrogens with two attached hydrogens (primary N) is 1. The van der Waals surface area contributed by atoms with E-state index in [4.69, 9.17) is 5.73 Å². The fourth-order valence-corrected chi connectivity index (χ4v) is 1.99. The first-order chi connectivity index (χ1) is 8.20. The molecule has 0 aliphatic carbocycles. The van der Waals surface area contributed by atoms with Crippen molar-refractivity contribution in [3.8, 4) is 5.69 Å². The van der Waals surface area contributed by atoms with Crippen molar-refractivity contribution in [3.05, 3.63) is 47.3 Å². The lowest BCUT2D eigenvalue weighted by atomic mass is 10.1. The lowest BCUT2D eigenvalue weighted by Gasteiger charge is -2.06. The van der Waals surface area contributed by atoms with Crippen LogP contribution in [0.25, 0.3) is 5.69 Å². The summed E-state index contributed by atoms with van der Waals surface area (Å²) >= 11 is 0. The molecule has 0 fully saturated rings. The largest absolute Gasteiger partial charge is 0.330 e. The third kappa shape index (κ3) is 2.74. The van der Waals surface area contributed by atoms with Gasteiger partial charge < -0.3 is 5.73 Å². The first-order valence-corrected chi connectivity index (χ1v) is 6.02. The summed E-state index contributed by atoms with van der Waals surface area (Å²) in [5.74, 6) is 0. The molecule has 0 unspecified atom stereocenters. The number of nitrogens with zero attached hydrogens (tertiary/aromatic N) is 2.